The molecule has 0 spiro atoms. The Labute approximate surface area is 165 Å². The molecule has 2 rings (SSSR count). The number of aryl methyl sites for hydroxylation is 1. The zero-order valence-corrected chi connectivity index (χ0v) is 16.4. The molecular formula is C20H28N6O2. The molecule has 2 aromatic rings. The minimum atomic E-state index is -0.189. The van der Waals surface area contributed by atoms with Crippen LogP contribution in [0.1, 0.15) is 41.4 Å². The number of hydrogen-bond acceptors (Lipinski definition) is 5. The number of pyridine rings is 2. The molecule has 0 aliphatic carbocycles. The number of unbranched alkanes of at least 4 members (excludes halogenated alkanes) is 1. The largest absolute Gasteiger partial charge is 0.370 e. The molecule has 0 bridgehead atoms. The Morgan fingerprint density at radius 2 is 1.96 bits per heavy atom. The highest BCUT2D eigenvalue weighted by Gasteiger charge is 2.11. The van der Waals surface area contributed by atoms with E-state index in [4.69, 9.17) is 0 Å². The first-order valence-corrected chi connectivity index (χ1v) is 9.50. The van der Waals surface area contributed by atoms with Crippen LogP contribution in [-0.2, 0) is 13.0 Å². The van der Waals surface area contributed by atoms with Gasteiger partial charge in [-0.25, -0.2) is 9.78 Å². The van der Waals surface area contributed by atoms with Crippen molar-refractivity contribution in [3.05, 3.63) is 53.5 Å². The molecule has 0 unspecified atom stereocenters. The highest BCUT2D eigenvalue weighted by molar-refractivity contribution is 5.98. The van der Waals surface area contributed by atoms with E-state index < -0.39 is 0 Å². The lowest BCUT2D eigenvalue weighted by atomic mass is 10.1. The van der Waals surface area contributed by atoms with Crippen LogP contribution < -0.4 is 21.3 Å². The number of nitrogens with one attached hydrogen (secondary N) is 4. The highest BCUT2D eigenvalue weighted by Crippen LogP contribution is 2.15. The van der Waals surface area contributed by atoms with Crippen molar-refractivity contribution < 1.29 is 9.59 Å². The number of hydrogen-bond donors (Lipinski definition) is 4. The van der Waals surface area contributed by atoms with Gasteiger partial charge in [0.15, 0.2) is 0 Å². The highest BCUT2D eigenvalue weighted by atomic mass is 16.2. The van der Waals surface area contributed by atoms with Gasteiger partial charge in [-0.15, -0.1) is 0 Å². The summed E-state index contributed by atoms with van der Waals surface area (Å²) in [7, 11) is 1.60. The molecule has 2 heterocycles. The molecule has 0 aromatic carbocycles. The second kappa shape index (κ2) is 11.5. The van der Waals surface area contributed by atoms with Gasteiger partial charge in [0.2, 0.25) is 0 Å². The lowest BCUT2D eigenvalue weighted by molar-refractivity contribution is 0.0963. The van der Waals surface area contributed by atoms with Gasteiger partial charge in [-0.1, -0.05) is 6.07 Å². The third-order valence-electron chi connectivity index (χ3n) is 4.09. The van der Waals surface area contributed by atoms with E-state index >= 15 is 0 Å². The molecule has 0 atom stereocenters. The van der Waals surface area contributed by atoms with Gasteiger partial charge in [0.25, 0.3) is 5.91 Å². The molecule has 4 N–H and O–H groups in total. The second-order valence-corrected chi connectivity index (χ2v) is 6.24. The van der Waals surface area contributed by atoms with E-state index in [2.05, 4.69) is 31.2 Å². The third kappa shape index (κ3) is 6.86. The van der Waals surface area contributed by atoms with E-state index in [1.165, 1.54) is 0 Å². The fourth-order valence-corrected chi connectivity index (χ4v) is 2.64. The Hall–Kier alpha value is -3.16. The fourth-order valence-electron chi connectivity index (χ4n) is 2.64. The third-order valence-corrected chi connectivity index (χ3v) is 4.09. The zero-order valence-electron chi connectivity index (χ0n) is 16.4. The lowest BCUT2D eigenvalue weighted by Crippen LogP contribution is -2.35. The van der Waals surface area contributed by atoms with E-state index in [9.17, 15) is 9.59 Å². The van der Waals surface area contributed by atoms with Gasteiger partial charge >= 0.3 is 6.03 Å². The summed E-state index contributed by atoms with van der Waals surface area (Å²) in [5.74, 6) is 0.448. The molecule has 2 aromatic heterocycles. The monoisotopic (exact) mass is 384 g/mol. The van der Waals surface area contributed by atoms with Gasteiger partial charge in [-0.3, -0.25) is 9.78 Å². The van der Waals surface area contributed by atoms with Crippen LogP contribution in [0.5, 0.6) is 0 Å². The van der Waals surface area contributed by atoms with Crippen molar-refractivity contribution in [3.8, 4) is 0 Å². The van der Waals surface area contributed by atoms with Crippen LogP contribution in [0, 0.1) is 0 Å². The lowest BCUT2D eigenvalue weighted by Gasteiger charge is -2.11. The van der Waals surface area contributed by atoms with Crippen LogP contribution in [0.25, 0.3) is 0 Å². The van der Waals surface area contributed by atoms with Gasteiger partial charge in [-0.2, -0.15) is 0 Å². The maximum absolute atomic E-state index is 11.9. The molecule has 0 aliphatic heterocycles. The molecule has 8 nitrogen and oxygen atoms in total. The van der Waals surface area contributed by atoms with Crippen molar-refractivity contribution in [1.82, 2.24) is 25.9 Å². The zero-order chi connectivity index (χ0) is 20.2. The predicted octanol–water partition coefficient (Wildman–Crippen LogP) is 2.09. The first kappa shape index (κ1) is 21.1. The molecule has 0 saturated heterocycles. The number of anilines is 1. The number of amides is 3. The Kier molecular flexibility index (Phi) is 8.71. The molecule has 3 amide bonds. The first-order valence-electron chi connectivity index (χ1n) is 9.50. The van der Waals surface area contributed by atoms with Crippen LogP contribution >= 0.6 is 0 Å². The van der Waals surface area contributed by atoms with E-state index in [1.54, 1.807) is 25.5 Å². The topological polar surface area (TPSA) is 108 Å². The number of carbonyl (C=O) groups is 2. The summed E-state index contributed by atoms with van der Waals surface area (Å²) in [4.78, 5) is 32.2. The normalized spacial score (nSPS) is 10.2. The molecule has 0 saturated carbocycles. The Balaban J connectivity index is 1.70. The van der Waals surface area contributed by atoms with Gasteiger partial charge in [-0.05, 0) is 49.9 Å². The van der Waals surface area contributed by atoms with Crippen molar-refractivity contribution in [3.63, 3.8) is 0 Å². The van der Waals surface area contributed by atoms with Crippen LogP contribution in [0.15, 0.2) is 36.7 Å². The first-order chi connectivity index (χ1) is 13.6. The molecule has 28 heavy (non-hydrogen) atoms. The SMILES string of the molecule is CCNc1nc(CCCCNC(=O)NCc2cccnc2)ccc1C(=O)NC. The molecule has 8 heteroatoms. The molecule has 0 radical (unpaired) electrons. The standard InChI is InChI=1S/C20H28N6O2/c1-3-23-18-17(19(27)21-2)10-9-16(26-18)8-4-5-12-24-20(28)25-14-15-7-6-11-22-13-15/h6-7,9-11,13H,3-5,8,12,14H2,1-2H3,(H,21,27)(H,23,26)(H2,24,25,28). The summed E-state index contributed by atoms with van der Waals surface area (Å²) in [6, 6.07) is 7.23. The average molecular weight is 384 g/mol. The van der Waals surface area contributed by atoms with Crippen molar-refractivity contribution >= 4 is 17.8 Å². The molecular weight excluding hydrogens is 356 g/mol. The quantitative estimate of drug-likeness (QED) is 0.469. The van der Waals surface area contributed by atoms with Crippen LogP contribution in [0.4, 0.5) is 10.6 Å². The van der Waals surface area contributed by atoms with Gasteiger partial charge < -0.3 is 21.3 Å². The maximum atomic E-state index is 11.9. The Bertz CT molecular complexity index is 767. The van der Waals surface area contributed by atoms with Crippen LogP contribution in [0.2, 0.25) is 0 Å². The Morgan fingerprint density at radius 3 is 2.68 bits per heavy atom. The smallest absolute Gasteiger partial charge is 0.315 e. The van der Waals surface area contributed by atoms with E-state index in [-0.39, 0.29) is 11.9 Å². The maximum Gasteiger partial charge on any atom is 0.315 e. The summed E-state index contributed by atoms with van der Waals surface area (Å²) in [5.41, 5.74) is 2.42. The minimum Gasteiger partial charge on any atom is -0.370 e. The predicted molar refractivity (Wildman–Crippen MR) is 109 cm³/mol. The number of urea groups is 1. The van der Waals surface area contributed by atoms with E-state index in [0.29, 0.717) is 31.0 Å². The summed E-state index contributed by atoms with van der Waals surface area (Å²) in [6.45, 7) is 3.70. The van der Waals surface area contributed by atoms with Crippen LogP contribution in [0.3, 0.4) is 0 Å². The summed E-state index contributed by atoms with van der Waals surface area (Å²) >= 11 is 0. The summed E-state index contributed by atoms with van der Waals surface area (Å²) in [6.07, 6.45) is 5.94. The Morgan fingerprint density at radius 1 is 1.11 bits per heavy atom. The van der Waals surface area contributed by atoms with Gasteiger partial charge in [0, 0.05) is 44.8 Å². The van der Waals surface area contributed by atoms with Gasteiger partial charge in [0.05, 0.1) is 5.56 Å². The molecule has 150 valence electrons. The van der Waals surface area contributed by atoms with Crippen molar-refractivity contribution in [2.75, 3.05) is 25.5 Å². The number of nitrogens with zero attached hydrogens (tertiary/aromatic N) is 2. The molecule has 0 fully saturated rings. The fraction of sp³-hybridized carbons (Fsp3) is 0.400. The summed E-state index contributed by atoms with van der Waals surface area (Å²) < 4.78 is 0. The number of rotatable bonds is 10. The van der Waals surface area contributed by atoms with Crippen molar-refractivity contribution in [2.24, 2.45) is 0 Å². The summed E-state index contributed by atoms with van der Waals surface area (Å²) in [5, 5.41) is 11.4. The number of aromatic nitrogens is 2. The second-order valence-electron chi connectivity index (χ2n) is 6.24. The number of carbonyl (C=O) groups excluding carboxylic acids is 2. The average Bonchev–Trinajstić information content (AvgIpc) is 2.72. The van der Waals surface area contributed by atoms with Gasteiger partial charge in [0.1, 0.15) is 5.82 Å². The minimum absolute atomic E-state index is 0.156. The van der Waals surface area contributed by atoms with E-state index in [1.807, 2.05) is 25.1 Å². The van der Waals surface area contributed by atoms with E-state index in [0.717, 1.165) is 30.5 Å². The van der Waals surface area contributed by atoms with Crippen molar-refractivity contribution in [2.45, 2.75) is 32.7 Å². The molecule has 0 aliphatic rings. The van der Waals surface area contributed by atoms with Crippen LogP contribution in [-0.4, -0.2) is 42.0 Å². The van der Waals surface area contributed by atoms with Crippen molar-refractivity contribution in [1.29, 1.82) is 0 Å².